The Morgan fingerprint density at radius 2 is 2.00 bits per heavy atom. The number of para-hydroxylation sites is 1. The first-order valence-corrected chi connectivity index (χ1v) is 8.96. The zero-order chi connectivity index (χ0) is 19.5. The van der Waals surface area contributed by atoms with Gasteiger partial charge in [-0.2, -0.15) is 15.0 Å². The average Bonchev–Trinajstić information content (AvgIpc) is 3.45. The Morgan fingerprint density at radius 3 is 2.79 bits per heavy atom. The molecular formula is C19H19N5O4. The summed E-state index contributed by atoms with van der Waals surface area (Å²) in [5.74, 6) is -0.275. The SMILES string of the molecule is COC(=O)c1coc([C@@H]2CCCN(C(=O)c3ccccc3-n3nccn3)C2)n1. The van der Waals surface area contributed by atoms with Crippen molar-refractivity contribution in [2.45, 2.75) is 18.8 Å². The molecule has 1 aliphatic heterocycles. The Kier molecular flexibility index (Phi) is 4.88. The van der Waals surface area contributed by atoms with Gasteiger partial charge in [0.15, 0.2) is 11.6 Å². The summed E-state index contributed by atoms with van der Waals surface area (Å²) in [6, 6.07) is 7.24. The number of hydrogen-bond donors (Lipinski definition) is 0. The van der Waals surface area contributed by atoms with Crippen molar-refractivity contribution in [3.8, 4) is 5.69 Å². The van der Waals surface area contributed by atoms with E-state index in [0.717, 1.165) is 12.8 Å². The minimum absolute atomic E-state index is 0.0777. The van der Waals surface area contributed by atoms with Gasteiger partial charge in [-0.25, -0.2) is 9.78 Å². The molecule has 9 heteroatoms. The van der Waals surface area contributed by atoms with E-state index in [4.69, 9.17) is 4.42 Å². The number of aromatic nitrogens is 4. The summed E-state index contributed by atoms with van der Waals surface area (Å²) in [4.78, 5) is 32.2. The third-order valence-corrected chi connectivity index (χ3v) is 4.74. The highest BCUT2D eigenvalue weighted by Gasteiger charge is 2.30. The molecular weight excluding hydrogens is 362 g/mol. The van der Waals surface area contributed by atoms with Gasteiger partial charge in [0.25, 0.3) is 5.91 Å². The molecule has 1 fully saturated rings. The molecule has 0 N–H and O–H groups in total. The number of ether oxygens (including phenoxy) is 1. The number of esters is 1. The monoisotopic (exact) mass is 381 g/mol. The molecule has 0 saturated carbocycles. The number of carbonyl (C=O) groups excluding carboxylic acids is 2. The number of carbonyl (C=O) groups is 2. The lowest BCUT2D eigenvalue weighted by atomic mass is 9.97. The minimum Gasteiger partial charge on any atom is -0.464 e. The Labute approximate surface area is 160 Å². The van der Waals surface area contributed by atoms with E-state index < -0.39 is 5.97 Å². The van der Waals surface area contributed by atoms with E-state index in [1.165, 1.54) is 18.2 Å². The van der Waals surface area contributed by atoms with Crippen molar-refractivity contribution in [1.29, 1.82) is 0 Å². The van der Waals surface area contributed by atoms with Crippen LogP contribution in [0.5, 0.6) is 0 Å². The topological polar surface area (TPSA) is 103 Å². The predicted octanol–water partition coefficient (Wildman–Crippen LogP) is 2.06. The van der Waals surface area contributed by atoms with Crippen LogP contribution in [0, 0.1) is 0 Å². The highest BCUT2D eigenvalue weighted by atomic mass is 16.5. The minimum atomic E-state index is -0.542. The largest absolute Gasteiger partial charge is 0.464 e. The predicted molar refractivity (Wildman–Crippen MR) is 97.1 cm³/mol. The molecule has 1 atom stereocenters. The van der Waals surface area contributed by atoms with Crippen molar-refractivity contribution in [3.05, 3.63) is 60.1 Å². The van der Waals surface area contributed by atoms with Crippen LogP contribution in [-0.2, 0) is 4.74 Å². The number of nitrogens with zero attached hydrogens (tertiary/aromatic N) is 5. The molecule has 144 valence electrons. The van der Waals surface area contributed by atoms with Crippen LogP contribution in [0.2, 0.25) is 0 Å². The Hall–Kier alpha value is -3.49. The number of likely N-dealkylation sites (tertiary alicyclic amines) is 1. The molecule has 4 rings (SSSR count). The zero-order valence-corrected chi connectivity index (χ0v) is 15.3. The maximum Gasteiger partial charge on any atom is 0.360 e. The third kappa shape index (κ3) is 3.38. The van der Waals surface area contributed by atoms with Crippen LogP contribution in [0.15, 0.2) is 47.3 Å². The van der Waals surface area contributed by atoms with Gasteiger partial charge in [0.05, 0.1) is 36.7 Å². The lowest BCUT2D eigenvalue weighted by molar-refractivity contribution is 0.0592. The Bertz CT molecular complexity index is 982. The fourth-order valence-electron chi connectivity index (χ4n) is 3.38. The lowest BCUT2D eigenvalue weighted by Gasteiger charge is -2.31. The Morgan fingerprint density at radius 1 is 1.21 bits per heavy atom. The van der Waals surface area contributed by atoms with Crippen molar-refractivity contribution < 1.29 is 18.7 Å². The number of rotatable bonds is 4. The van der Waals surface area contributed by atoms with Crippen molar-refractivity contribution in [1.82, 2.24) is 24.9 Å². The van der Waals surface area contributed by atoms with Gasteiger partial charge in [-0.15, -0.1) is 0 Å². The summed E-state index contributed by atoms with van der Waals surface area (Å²) in [7, 11) is 1.30. The highest BCUT2D eigenvalue weighted by Crippen LogP contribution is 2.28. The summed E-state index contributed by atoms with van der Waals surface area (Å²) in [6.45, 7) is 1.10. The van der Waals surface area contributed by atoms with Crippen molar-refractivity contribution in [2.75, 3.05) is 20.2 Å². The van der Waals surface area contributed by atoms with Gasteiger partial charge in [0, 0.05) is 13.1 Å². The highest BCUT2D eigenvalue weighted by molar-refractivity contribution is 5.97. The first kappa shape index (κ1) is 17.9. The van der Waals surface area contributed by atoms with E-state index >= 15 is 0 Å². The summed E-state index contributed by atoms with van der Waals surface area (Å²) >= 11 is 0. The number of amides is 1. The normalized spacial score (nSPS) is 16.8. The number of methoxy groups -OCH3 is 1. The second kappa shape index (κ2) is 7.63. The molecule has 0 radical (unpaired) electrons. The molecule has 3 aromatic rings. The summed E-state index contributed by atoms with van der Waals surface area (Å²) in [5.41, 5.74) is 1.29. The summed E-state index contributed by atoms with van der Waals surface area (Å²) in [5, 5.41) is 8.26. The number of hydrogen-bond acceptors (Lipinski definition) is 7. The van der Waals surface area contributed by atoms with E-state index in [-0.39, 0.29) is 17.5 Å². The van der Waals surface area contributed by atoms with Gasteiger partial charge < -0.3 is 14.1 Å². The molecule has 1 aliphatic rings. The zero-order valence-electron chi connectivity index (χ0n) is 15.3. The van der Waals surface area contributed by atoms with Crippen LogP contribution in [0.25, 0.3) is 5.69 Å². The first-order chi connectivity index (χ1) is 13.7. The fourth-order valence-corrected chi connectivity index (χ4v) is 3.38. The van der Waals surface area contributed by atoms with Gasteiger partial charge in [0.2, 0.25) is 0 Å². The molecule has 0 unspecified atom stereocenters. The number of benzene rings is 1. The first-order valence-electron chi connectivity index (χ1n) is 8.96. The maximum atomic E-state index is 13.2. The lowest BCUT2D eigenvalue weighted by Crippen LogP contribution is -2.39. The molecule has 3 heterocycles. The van der Waals surface area contributed by atoms with Gasteiger partial charge in [-0.05, 0) is 25.0 Å². The van der Waals surface area contributed by atoms with Crippen LogP contribution in [0.4, 0.5) is 0 Å². The standard InChI is InChI=1S/C19H19N5O4/c1-27-19(26)15-12-28-17(22-15)13-5-4-10-23(11-13)18(25)14-6-2-3-7-16(14)24-20-8-9-21-24/h2-3,6-9,12-13H,4-5,10-11H2,1H3/t13-/m1/s1. The van der Waals surface area contributed by atoms with Gasteiger partial charge >= 0.3 is 5.97 Å². The van der Waals surface area contributed by atoms with E-state index in [0.29, 0.717) is 30.2 Å². The fraction of sp³-hybridized carbons (Fsp3) is 0.316. The van der Waals surface area contributed by atoms with Crippen LogP contribution in [0.3, 0.4) is 0 Å². The van der Waals surface area contributed by atoms with E-state index in [1.54, 1.807) is 23.4 Å². The molecule has 1 saturated heterocycles. The van der Waals surface area contributed by atoms with E-state index in [1.807, 2.05) is 18.2 Å². The van der Waals surface area contributed by atoms with Gasteiger partial charge in [0.1, 0.15) is 6.26 Å². The summed E-state index contributed by atoms with van der Waals surface area (Å²) in [6.07, 6.45) is 6.07. The quantitative estimate of drug-likeness (QED) is 0.637. The van der Waals surface area contributed by atoms with Crippen LogP contribution in [-0.4, -0.2) is 57.0 Å². The molecule has 1 aromatic carbocycles. The van der Waals surface area contributed by atoms with Crippen molar-refractivity contribution in [2.24, 2.45) is 0 Å². The second-order valence-electron chi connectivity index (χ2n) is 6.49. The van der Waals surface area contributed by atoms with Crippen LogP contribution >= 0.6 is 0 Å². The maximum absolute atomic E-state index is 13.2. The molecule has 2 aromatic heterocycles. The van der Waals surface area contributed by atoms with Gasteiger partial charge in [-0.1, -0.05) is 12.1 Å². The molecule has 28 heavy (non-hydrogen) atoms. The smallest absolute Gasteiger partial charge is 0.360 e. The molecule has 1 amide bonds. The average molecular weight is 381 g/mol. The van der Waals surface area contributed by atoms with E-state index in [9.17, 15) is 9.59 Å². The van der Waals surface area contributed by atoms with Crippen LogP contribution in [0.1, 0.15) is 45.5 Å². The van der Waals surface area contributed by atoms with E-state index in [2.05, 4.69) is 19.9 Å². The number of piperidine rings is 1. The molecule has 0 spiro atoms. The van der Waals surface area contributed by atoms with Crippen molar-refractivity contribution in [3.63, 3.8) is 0 Å². The van der Waals surface area contributed by atoms with Crippen molar-refractivity contribution >= 4 is 11.9 Å². The summed E-state index contributed by atoms with van der Waals surface area (Å²) < 4.78 is 10.1. The molecule has 0 aliphatic carbocycles. The van der Waals surface area contributed by atoms with Gasteiger partial charge in [-0.3, -0.25) is 4.79 Å². The molecule has 0 bridgehead atoms. The van der Waals surface area contributed by atoms with Crippen LogP contribution < -0.4 is 0 Å². The Balaban J connectivity index is 1.55. The second-order valence-corrected chi connectivity index (χ2v) is 6.49. The number of oxazole rings is 1. The molecule has 9 nitrogen and oxygen atoms in total. The third-order valence-electron chi connectivity index (χ3n) is 4.74.